The molecule has 0 aliphatic carbocycles. The highest BCUT2D eigenvalue weighted by Crippen LogP contribution is 2.30. The monoisotopic (exact) mass is 226 g/mol. The Bertz CT molecular complexity index is 300. The van der Waals surface area contributed by atoms with E-state index in [2.05, 4.69) is 10.2 Å². The summed E-state index contributed by atoms with van der Waals surface area (Å²) in [6, 6.07) is 0. The Kier molecular flexibility index (Phi) is 3.25. The highest BCUT2D eigenvalue weighted by Gasteiger charge is 2.50. The highest BCUT2D eigenvalue weighted by atomic mass is 16.5. The molecule has 0 spiro atoms. The number of nitrogens with zero attached hydrogens (tertiary/aromatic N) is 1. The Morgan fingerprint density at radius 1 is 1.38 bits per heavy atom. The van der Waals surface area contributed by atoms with Gasteiger partial charge in [0.15, 0.2) is 0 Å². The summed E-state index contributed by atoms with van der Waals surface area (Å²) in [6.07, 6.45) is 1.95. The van der Waals surface area contributed by atoms with E-state index < -0.39 is 5.54 Å². The minimum Gasteiger partial charge on any atom is -0.379 e. The van der Waals surface area contributed by atoms with Gasteiger partial charge in [0, 0.05) is 13.1 Å². The quantitative estimate of drug-likeness (QED) is 0.683. The molecule has 0 saturated carbocycles. The summed E-state index contributed by atoms with van der Waals surface area (Å²) in [5.41, 5.74) is -0.602. The molecule has 0 aromatic carbocycles. The number of hydrogen-bond donors (Lipinski definition) is 1. The summed E-state index contributed by atoms with van der Waals surface area (Å²) in [5.74, 6) is -0.272. The van der Waals surface area contributed by atoms with Gasteiger partial charge in [-0.3, -0.25) is 19.8 Å². The molecule has 16 heavy (non-hydrogen) atoms. The molecule has 2 heterocycles. The Hall–Kier alpha value is -0.940. The number of amides is 2. The maximum atomic E-state index is 12.0. The minimum absolute atomic E-state index is 0.124. The lowest BCUT2D eigenvalue weighted by molar-refractivity contribution is -0.133. The van der Waals surface area contributed by atoms with Crippen LogP contribution in [0.5, 0.6) is 0 Å². The molecule has 0 bridgehead atoms. The van der Waals surface area contributed by atoms with Gasteiger partial charge in [0.2, 0.25) is 11.8 Å². The van der Waals surface area contributed by atoms with Gasteiger partial charge in [-0.15, -0.1) is 0 Å². The number of nitrogens with one attached hydrogen (secondary N) is 1. The maximum Gasteiger partial charge on any atom is 0.247 e. The third kappa shape index (κ3) is 1.85. The second-order valence-corrected chi connectivity index (χ2v) is 4.44. The van der Waals surface area contributed by atoms with Crippen LogP contribution in [0.3, 0.4) is 0 Å². The summed E-state index contributed by atoms with van der Waals surface area (Å²) in [7, 11) is 0. The van der Waals surface area contributed by atoms with Crippen LogP contribution in [0, 0.1) is 0 Å². The molecule has 5 nitrogen and oxygen atoms in total. The summed E-state index contributed by atoms with van der Waals surface area (Å²) in [6.45, 7) is 4.81. The van der Waals surface area contributed by atoms with Crippen molar-refractivity contribution in [1.29, 1.82) is 0 Å². The highest BCUT2D eigenvalue weighted by molar-refractivity contribution is 6.08. The van der Waals surface area contributed by atoms with Crippen LogP contribution >= 0.6 is 0 Å². The van der Waals surface area contributed by atoms with Crippen LogP contribution in [0.2, 0.25) is 0 Å². The van der Waals surface area contributed by atoms with Gasteiger partial charge in [-0.1, -0.05) is 13.3 Å². The molecule has 1 unspecified atom stereocenters. The molecule has 1 atom stereocenters. The fourth-order valence-corrected chi connectivity index (χ4v) is 2.65. The molecule has 2 rings (SSSR count). The molecule has 2 amide bonds. The van der Waals surface area contributed by atoms with Gasteiger partial charge in [-0.05, 0) is 6.42 Å². The lowest BCUT2D eigenvalue weighted by Crippen LogP contribution is -2.57. The second-order valence-electron chi connectivity index (χ2n) is 4.44. The number of carbonyl (C=O) groups excluding carboxylic acids is 2. The van der Waals surface area contributed by atoms with Crippen molar-refractivity contribution in [3.8, 4) is 0 Å². The summed E-state index contributed by atoms with van der Waals surface area (Å²) >= 11 is 0. The van der Waals surface area contributed by atoms with E-state index in [-0.39, 0.29) is 11.8 Å². The van der Waals surface area contributed by atoms with Crippen molar-refractivity contribution in [2.75, 3.05) is 26.3 Å². The Labute approximate surface area is 95.1 Å². The molecule has 2 aliphatic heterocycles. The van der Waals surface area contributed by atoms with Crippen LogP contribution in [-0.2, 0) is 14.3 Å². The van der Waals surface area contributed by atoms with Crippen molar-refractivity contribution in [3.05, 3.63) is 0 Å². The third-order valence-electron chi connectivity index (χ3n) is 3.41. The first-order valence-corrected chi connectivity index (χ1v) is 5.86. The molecule has 90 valence electrons. The van der Waals surface area contributed by atoms with Crippen molar-refractivity contribution in [3.63, 3.8) is 0 Å². The van der Waals surface area contributed by atoms with Crippen molar-refractivity contribution >= 4 is 11.8 Å². The minimum atomic E-state index is -0.602. The smallest absolute Gasteiger partial charge is 0.247 e. The molecule has 0 aromatic rings. The maximum absolute atomic E-state index is 12.0. The lowest BCUT2D eigenvalue weighted by Gasteiger charge is -2.40. The van der Waals surface area contributed by atoms with E-state index in [1.165, 1.54) is 0 Å². The number of ether oxygens (including phenoxy) is 1. The molecule has 2 fully saturated rings. The fourth-order valence-electron chi connectivity index (χ4n) is 2.65. The SMILES string of the molecule is CCCC1(N2CCOCC2)CC(=O)NC1=O. The van der Waals surface area contributed by atoms with E-state index in [1.807, 2.05) is 6.92 Å². The average molecular weight is 226 g/mol. The van der Waals surface area contributed by atoms with Crippen molar-refractivity contribution < 1.29 is 14.3 Å². The lowest BCUT2D eigenvalue weighted by atomic mass is 9.89. The Balaban J connectivity index is 2.20. The number of carbonyl (C=O) groups is 2. The number of hydrogen-bond acceptors (Lipinski definition) is 4. The van der Waals surface area contributed by atoms with Gasteiger partial charge in [0.25, 0.3) is 0 Å². The Morgan fingerprint density at radius 3 is 2.56 bits per heavy atom. The third-order valence-corrected chi connectivity index (χ3v) is 3.41. The van der Waals surface area contributed by atoms with Crippen molar-refractivity contribution in [1.82, 2.24) is 10.2 Å². The van der Waals surface area contributed by atoms with E-state index in [0.717, 1.165) is 25.9 Å². The van der Waals surface area contributed by atoms with Gasteiger partial charge in [0.05, 0.1) is 19.6 Å². The first-order chi connectivity index (χ1) is 7.69. The molecule has 0 radical (unpaired) electrons. The summed E-state index contributed by atoms with van der Waals surface area (Å²) < 4.78 is 5.29. The van der Waals surface area contributed by atoms with Crippen LogP contribution in [0.4, 0.5) is 0 Å². The first-order valence-electron chi connectivity index (χ1n) is 5.86. The first kappa shape index (κ1) is 11.5. The van der Waals surface area contributed by atoms with Gasteiger partial charge < -0.3 is 4.74 Å². The van der Waals surface area contributed by atoms with Crippen LogP contribution in [-0.4, -0.2) is 48.6 Å². The number of imide groups is 1. The molecule has 0 aromatic heterocycles. The molecule has 2 saturated heterocycles. The fraction of sp³-hybridized carbons (Fsp3) is 0.818. The summed E-state index contributed by atoms with van der Waals surface area (Å²) in [4.78, 5) is 25.5. The standard InChI is InChI=1S/C11H18N2O3/c1-2-3-11(8-9(14)12-10(11)15)13-4-6-16-7-5-13/h2-8H2,1H3,(H,12,14,15). The van der Waals surface area contributed by atoms with E-state index in [9.17, 15) is 9.59 Å². The van der Waals surface area contributed by atoms with E-state index in [4.69, 9.17) is 4.74 Å². The topological polar surface area (TPSA) is 58.6 Å². The predicted octanol–water partition coefficient (Wildman–Crippen LogP) is -0.0960. The normalized spacial score (nSPS) is 31.8. The second kappa shape index (κ2) is 4.51. The molecular weight excluding hydrogens is 208 g/mol. The zero-order chi connectivity index (χ0) is 11.6. The zero-order valence-electron chi connectivity index (χ0n) is 9.62. The van der Waals surface area contributed by atoms with Gasteiger partial charge in [-0.25, -0.2) is 0 Å². The average Bonchev–Trinajstić information content (AvgIpc) is 2.57. The zero-order valence-corrected chi connectivity index (χ0v) is 9.62. The van der Waals surface area contributed by atoms with Crippen LogP contribution in [0.1, 0.15) is 26.2 Å². The van der Waals surface area contributed by atoms with Gasteiger partial charge in [-0.2, -0.15) is 0 Å². The number of morpholine rings is 1. The number of rotatable bonds is 3. The predicted molar refractivity (Wildman–Crippen MR) is 57.8 cm³/mol. The molecular formula is C11H18N2O3. The van der Waals surface area contributed by atoms with Crippen molar-refractivity contribution in [2.24, 2.45) is 0 Å². The van der Waals surface area contributed by atoms with E-state index in [0.29, 0.717) is 19.6 Å². The van der Waals surface area contributed by atoms with Crippen LogP contribution in [0.25, 0.3) is 0 Å². The Morgan fingerprint density at radius 2 is 2.06 bits per heavy atom. The molecule has 2 aliphatic rings. The summed E-state index contributed by atoms with van der Waals surface area (Å²) in [5, 5.41) is 2.43. The van der Waals surface area contributed by atoms with Gasteiger partial charge in [0.1, 0.15) is 5.54 Å². The van der Waals surface area contributed by atoms with Crippen LogP contribution in [0.15, 0.2) is 0 Å². The van der Waals surface area contributed by atoms with Gasteiger partial charge >= 0.3 is 0 Å². The van der Waals surface area contributed by atoms with E-state index in [1.54, 1.807) is 0 Å². The largest absolute Gasteiger partial charge is 0.379 e. The van der Waals surface area contributed by atoms with Crippen LogP contribution < -0.4 is 5.32 Å². The molecule has 1 N–H and O–H groups in total. The van der Waals surface area contributed by atoms with Crippen molar-refractivity contribution in [2.45, 2.75) is 31.7 Å². The van der Waals surface area contributed by atoms with E-state index >= 15 is 0 Å². The molecule has 5 heteroatoms.